The van der Waals surface area contributed by atoms with Crippen LogP contribution in [0.5, 0.6) is 0 Å². The Hall–Kier alpha value is -1.89. The molecule has 0 unspecified atom stereocenters. The average Bonchev–Trinajstić information content (AvgIpc) is 2.76. The molecule has 0 saturated heterocycles. The Morgan fingerprint density at radius 3 is 2.67 bits per heavy atom. The molecule has 0 bridgehead atoms. The molecule has 0 aliphatic carbocycles. The number of hydrogen-bond acceptors (Lipinski definition) is 6. The van der Waals surface area contributed by atoms with Gasteiger partial charge in [-0.2, -0.15) is 20.1 Å². The van der Waals surface area contributed by atoms with E-state index in [1.807, 2.05) is 21.0 Å². The van der Waals surface area contributed by atoms with Crippen LogP contribution in [0.15, 0.2) is 12.4 Å². The van der Waals surface area contributed by atoms with Crippen LogP contribution in [0.25, 0.3) is 5.95 Å². The molecule has 2 heterocycles. The zero-order valence-electron chi connectivity index (χ0n) is 10.4. The van der Waals surface area contributed by atoms with E-state index in [1.165, 1.54) is 10.9 Å². The van der Waals surface area contributed by atoms with Gasteiger partial charge in [-0.3, -0.25) is 0 Å². The lowest BCUT2D eigenvalue weighted by Crippen LogP contribution is -2.17. The topological polar surface area (TPSA) is 71.8 Å². The molecule has 0 fully saturated rings. The van der Waals surface area contributed by atoms with Crippen LogP contribution < -0.4 is 10.2 Å². The number of nitrogens with zero attached hydrogens (tertiary/aromatic N) is 6. The van der Waals surface area contributed by atoms with Crippen molar-refractivity contribution in [3.8, 4) is 5.95 Å². The molecule has 7 nitrogen and oxygen atoms in total. The summed E-state index contributed by atoms with van der Waals surface area (Å²) in [5.41, 5.74) is 0. The maximum Gasteiger partial charge on any atom is 0.257 e. The Kier molecular flexibility index (Phi) is 3.61. The third-order valence-electron chi connectivity index (χ3n) is 2.10. The summed E-state index contributed by atoms with van der Waals surface area (Å²) in [5.74, 6) is 1.50. The summed E-state index contributed by atoms with van der Waals surface area (Å²) < 4.78 is 1.51. The summed E-state index contributed by atoms with van der Waals surface area (Å²) in [6, 6.07) is 0. The molecule has 0 aliphatic rings. The molecule has 0 saturated carbocycles. The van der Waals surface area contributed by atoms with Crippen LogP contribution in [-0.2, 0) is 0 Å². The van der Waals surface area contributed by atoms with Gasteiger partial charge in [0.1, 0.15) is 0 Å². The number of nitrogens with one attached hydrogen (secondary N) is 1. The van der Waals surface area contributed by atoms with Crippen molar-refractivity contribution in [1.82, 2.24) is 24.7 Å². The highest BCUT2D eigenvalue weighted by molar-refractivity contribution is 6.30. The van der Waals surface area contributed by atoms with E-state index in [-0.39, 0.29) is 0 Å². The fourth-order valence-corrected chi connectivity index (χ4v) is 1.44. The second-order valence-corrected chi connectivity index (χ2v) is 4.22. The third-order valence-corrected chi connectivity index (χ3v) is 2.30. The van der Waals surface area contributed by atoms with Crippen molar-refractivity contribution in [3.05, 3.63) is 17.4 Å². The summed E-state index contributed by atoms with van der Waals surface area (Å²) in [6.45, 7) is 2.71. The maximum absolute atomic E-state index is 5.83. The van der Waals surface area contributed by atoms with E-state index in [4.69, 9.17) is 11.6 Å². The Labute approximate surface area is 110 Å². The molecular formula is C10H14ClN7. The minimum atomic E-state index is 0.427. The Balaban J connectivity index is 2.45. The highest BCUT2D eigenvalue weighted by atomic mass is 35.5. The summed E-state index contributed by atoms with van der Waals surface area (Å²) >= 11 is 5.83. The zero-order valence-corrected chi connectivity index (χ0v) is 11.2. The van der Waals surface area contributed by atoms with Gasteiger partial charge in [0, 0.05) is 20.6 Å². The van der Waals surface area contributed by atoms with Gasteiger partial charge in [0.2, 0.25) is 11.9 Å². The van der Waals surface area contributed by atoms with Gasteiger partial charge in [-0.15, -0.1) is 0 Å². The van der Waals surface area contributed by atoms with Gasteiger partial charge in [-0.1, -0.05) is 11.6 Å². The molecule has 2 rings (SSSR count). The smallest absolute Gasteiger partial charge is 0.257 e. The molecule has 1 N–H and O–H groups in total. The van der Waals surface area contributed by atoms with Crippen LogP contribution in [0.1, 0.15) is 6.92 Å². The van der Waals surface area contributed by atoms with Crippen LogP contribution >= 0.6 is 11.6 Å². The van der Waals surface area contributed by atoms with E-state index in [2.05, 4.69) is 25.4 Å². The molecule has 2 aromatic heterocycles. The van der Waals surface area contributed by atoms with Gasteiger partial charge in [-0.05, 0) is 6.92 Å². The molecule has 8 heteroatoms. The predicted molar refractivity (Wildman–Crippen MR) is 70.4 cm³/mol. The first kappa shape index (κ1) is 12.6. The highest BCUT2D eigenvalue weighted by Crippen LogP contribution is 2.13. The lowest BCUT2D eigenvalue weighted by molar-refractivity contribution is 0.788. The maximum atomic E-state index is 5.83. The summed E-state index contributed by atoms with van der Waals surface area (Å²) in [4.78, 5) is 14.7. The Morgan fingerprint density at radius 2 is 2.11 bits per heavy atom. The molecule has 0 radical (unpaired) electrons. The zero-order chi connectivity index (χ0) is 13.1. The molecular weight excluding hydrogens is 254 g/mol. The normalized spacial score (nSPS) is 10.4. The van der Waals surface area contributed by atoms with Crippen molar-refractivity contribution in [2.45, 2.75) is 6.92 Å². The molecule has 0 spiro atoms. The van der Waals surface area contributed by atoms with E-state index >= 15 is 0 Å². The first-order valence-corrected chi connectivity index (χ1v) is 5.85. The number of anilines is 2. The lowest BCUT2D eigenvalue weighted by Gasteiger charge is -2.12. The molecule has 0 atom stereocenters. The van der Waals surface area contributed by atoms with Gasteiger partial charge in [0.25, 0.3) is 5.95 Å². The predicted octanol–water partition coefficient (Wildman–Crippen LogP) is 1.21. The van der Waals surface area contributed by atoms with Gasteiger partial charge >= 0.3 is 0 Å². The molecule has 0 amide bonds. The quantitative estimate of drug-likeness (QED) is 0.898. The fraction of sp³-hybridized carbons (Fsp3) is 0.400. The minimum absolute atomic E-state index is 0.427. The van der Waals surface area contributed by atoms with Crippen molar-refractivity contribution in [1.29, 1.82) is 0 Å². The van der Waals surface area contributed by atoms with E-state index in [9.17, 15) is 0 Å². The average molecular weight is 268 g/mol. The van der Waals surface area contributed by atoms with E-state index in [0.717, 1.165) is 6.54 Å². The standard InChI is InChI=1S/C10H14ClN7/c1-4-12-8-14-9(17(2)3)16-10(15-8)18-6-7(11)5-13-18/h5-6H,4H2,1-3H3,(H,12,14,15,16). The first-order valence-electron chi connectivity index (χ1n) is 5.48. The van der Waals surface area contributed by atoms with E-state index < -0.39 is 0 Å². The van der Waals surface area contributed by atoms with Crippen molar-refractivity contribution in [3.63, 3.8) is 0 Å². The summed E-state index contributed by atoms with van der Waals surface area (Å²) in [6.07, 6.45) is 3.18. The minimum Gasteiger partial charge on any atom is -0.354 e. The monoisotopic (exact) mass is 267 g/mol. The van der Waals surface area contributed by atoms with Crippen LogP contribution in [0.4, 0.5) is 11.9 Å². The lowest BCUT2D eigenvalue weighted by atomic mass is 10.7. The summed E-state index contributed by atoms with van der Waals surface area (Å²) in [5, 5.41) is 7.66. The third kappa shape index (κ3) is 2.67. The fourth-order valence-electron chi connectivity index (χ4n) is 1.30. The van der Waals surface area contributed by atoms with Crippen molar-refractivity contribution in [2.75, 3.05) is 30.9 Å². The molecule has 0 aromatic carbocycles. The Bertz CT molecular complexity index is 537. The van der Waals surface area contributed by atoms with Crippen molar-refractivity contribution in [2.24, 2.45) is 0 Å². The van der Waals surface area contributed by atoms with E-state index in [1.54, 1.807) is 11.1 Å². The second kappa shape index (κ2) is 5.18. The van der Waals surface area contributed by atoms with Gasteiger partial charge < -0.3 is 10.2 Å². The van der Waals surface area contributed by atoms with Gasteiger partial charge in [0.15, 0.2) is 0 Å². The SMILES string of the molecule is CCNc1nc(N(C)C)nc(-n2cc(Cl)cn2)n1. The van der Waals surface area contributed by atoms with Crippen LogP contribution in [0.2, 0.25) is 5.02 Å². The molecule has 0 aliphatic heterocycles. The van der Waals surface area contributed by atoms with Gasteiger partial charge in [0.05, 0.1) is 17.4 Å². The van der Waals surface area contributed by atoms with Gasteiger partial charge in [-0.25, -0.2) is 4.68 Å². The number of aromatic nitrogens is 5. The number of hydrogen-bond donors (Lipinski definition) is 1. The van der Waals surface area contributed by atoms with Crippen LogP contribution in [0, 0.1) is 0 Å². The second-order valence-electron chi connectivity index (χ2n) is 3.79. The van der Waals surface area contributed by atoms with E-state index in [0.29, 0.717) is 22.9 Å². The number of rotatable bonds is 4. The Morgan fingerprint density at radius 1 is 1.33 bits per heavy atom. The van der Waals surface area contributed by atoms with Crippen molar-refractivity contribution >= 4 is 23.5 Å². The number of halogens is 1. The highest BCUT2D eigenvalue weighted by Gasteiger charge is 2.10. The van der Waals surface area contributed by atoms with Crippen LogP contribution in [-0.4, -0.2) is 45.4 Å². The molecule has 2 aromatic rings. The van der Waals surface area contributed by atoms with Crippen molar-refractivity contribution < 1.29 is 0 Å². The van der Waals surface area contributed by atoms with Crippen LogP contribution in [0.3, 0.4) is 0 Å². The largest absolute Gasteiger partial charge is 0.354 e. The first-order chi connectivity index (χ1) is 8.60. The molecule has 18 heavy (non-hydrogen) atoms. The molecule has 96 valence electrons. The summed E-state index contributed by atoms with van der Waals surface area (Å²) in [7, 11) is 3.73.